The minimum Gasteiger partial charge on any atom is -1.00 e. The number of ether oxygens (including phenoxy) is 3. The number of hydrogen-bond acceptors (Lipinski definition) is 4. The van der Waals surface area contributed by atoms with Gasteiger partial charge < -0.3 is 31.2 Å². The van der Waals surface area contributed by atoms with E-state index >= 15 is 0 Å². The van der Waals surface area contributed by atoms with Crippen LogP contribution in [-0.4, -0.2) is 38.4 Å². The van der Waals surface area contributed by atoms with Gasteiger partial charge in [0.05, 0.1) is 0 Å². The molecule has 0 saturated heterocycles. The maximum absolute atomic E-state index is 13.5. The van der Waals surface area contributed by atoms with Crippen LogP contribution < -0.4 is 36.8 Å². The van der Waals surface area contributed by atoms with Gasteiger partial charge >= 0.3 is 11.6 Å². The van der Waals surface area contributed by atoms with Crippen molar-refractivity contribution in [3.63, 3.8) is 0 Å². The molecule has 5 nitrogen and oxygen atoms in total. The molecule has 0 amide bonds. The SMILES string of the molecule is CO[C@]1(C2=[NH+]CCN2)COc2c(F)cccc2O1.[Br-]. The number of para-hydroxylation sites is 1. The first-order valence-electron chi connectivity index (χ1n) is 5.76. The molecule has 0 spiro atoms. The summed E-state index contributed by atoms with van der Waals surface area (Å²) in [5, 5.41) is 3.15. The van der Waals surface area contributed by atoms with Crippen LogP contribution in [0.3, 0.4) is 0 Å². The average Bonchev–Trinajstić information content (AvgIpc) is 2.93. The van der Waals surface area contributed by atoms with Crippen LogP contribution in [0.4, 0.5) is 4.39 Å². The van der Waals surface area contributed by atoms with E-state index in [-0.39, 0.29) is 29.3 Å². The van der Waals surface area contributed by atoms with Crippen molar-refractivity contribution in [2.45, 2.75) is 5.79 Å². The van der Waals surface area contributed by atoms with E-state index in [9.17, 15) is 4.39 Å². The highest BCUT2D eigenvalue weighted by Crippen LogP contribution is 2.37. The maximum atomic E-state index is 13.5. The predicted molar refractivity (Wildman–Crippen MR) is 61.1 cm³/mol. The highest BCUT2D eigenvalue weighted by atomic mass is 79.9. The molecule has 104 valence electrons. The predicted octanol–water partition coefficient (Wildman–Crippen LogP) is -3.97. The fourth-order valence-corrected chi connectivity index (χ4v) is 2.12. The topological polar surface area (TPSA) is 53.7 Å². The Balaban J connectivity index is 0.00000133. The van der Waals surface area contributed by atoms with Crippen LogP contribution in [-0.2, 0) is 4.74 Å². The number of amidine groups is 1. The molecule has 19 heavy (non-hydrogen) atoms. The molecule has 3 rings (SSSR count). The minimum absolute atomic E-state index is 0. The summed E-state index contributed by atoms with van der Waals surface area (Å²) in [5.41, 5.74) is 0. The Hall–Kier alpha value is -1.34. The summed E-state index contributed by atoms with van der Waals surface area (Å²) in [4.78, 5) is 3.15. The summed E-state index contributed by atoms with van der Waals surface area (Å²) < 4.78 is 30.2. The lowest BCUT2D eigenvalue weighted by Gasteiger charge is -2.33. The highest BCUT2D eigenvalue weighted by Gasteiger charge is 2.49. The molecule has 0 aromatic heterocycles. The van der Waals surface area contributed by atoms with Crippen LogP contribution >= 0.6 is 0 Å². The molecule has 7 heteroatoms. The Morgan fingerprint density at radius 3 is 3.00 bits per heavy atom. The fourth-order valence-electron chi connectivity index (χ4n) is 2.12. The standard InChI is InChI=1S/C12H13FN2O3.BrH/c1-16-12(11-14-5-6-15-11)7-17-10-8(13)3-2-4-9(10)18-12;/h2-4H,5-7H2,1H3,(H,14,15);1H/t12-;/m1./s1. The van der Waals surface area contributed by atoms with E-state index in [0.29, 0.717) is 11.6 Å². The monoisotopic (exact) mass is 332 g/mol. The van der Waals surface area contributed by atoms with E-state index in [1.807, 2.05) is 0 Å². The van der Waals surface area contributed by atoms with E-state index < -0.39 is 11.6 Å². The first kappa shape index (κ1) is 14.1. The van der Waals surface area contributed by atoms with Crippen molar-refractivity contribution in [2.75, 3.05) is 26.8 Å². The van der Waals surface area contributed by atoms with E-state index in [4.69, 9.17) is 14.2 Å². The van der Waals surface area contributed by atoms with Crippen molar-refractivity contribution < 1.29 is 40.6 Å². The molecule has 1 aromatic carbocycles. The number of hydrogen-bond donors (Lipinski definition) is 2. The third-order valence-electron chi connectivity index (χ3n) is 3.05. The molecule has 0 bridgehead atoms. The summed E-state index contributed by atoms with van der Waals surface area (Å²) in [6.45, 7) is 1.67. The molecule has 1 aromatic rings. The average molecular weight is 333 g/mol. The Morgan fingerprint density at radius 2 is 2.32 bits per heavy atom. The van der Waals surface area contributed by atoms with E-state index in [2.05, 4.69) is 10.3 Å². The molecule has 0 fully saturated rings. The molecule has 2 aliphatic heterocycles. The maximum Gasteiger partial charge on any atom is 0.348 e. The number of methoxy groups -OCH3 is 1. The molecule has 0 unspecified atom stereocenters. The van der Waals surface area contributed by atoms with E-state index in [1.165, 1.54) is 13.2 Å². The van der Waals surface area contributed by atoms with Gasteiger partial charge in [0.25, 0.3) is 0 Å². The number of fused-ring (bicyclic) bond motifs is 1. The molecule has 0 aliphatic carbocycles. The van der Waals surface area contributed by atoms with Crippen LogP contribution in [0, 0.1) is 5.82 Å². The Labute approximate surface area is 120 Å². The Morgan fingerprint density at radius 1 is 1.47 bits per heavy atom. The molecule has 2 heterocycles. The third-order valence-corrected chi connectivity index (χ3v) is 3.05. The van der Waals surface area contributed by atoms with Crippen LogP contribution in [0.5, 0.6) is 11.5 Å². The van der Waals surface area contributed by atoms with Gasteiger partial charge in [-0.25, -0.2) is 4.39 Å². The van der Waals surface area contributed by atoms with Gasteiger partial charge in [0.2, 0.25) is 0 Å². The summed E-state index contributed by atoms with van der Waals surface area (Å²) in [7, 11) is 1.53. The van der Waals surface area contributed by atoms with Gasteiger partial charge in [0.15, 0.2) is 23.9 Å². The summed E-state index contributed by atoms with van der Waals surface area (Å²) >= 11 is 0. The molecule has 1 atom stereocenters. The second kappa shape index (κ2) is 5.34. The van der Waals surface area contributed by atoms with E-state index in [0.717, 1.165) is 13.1 Å². The largest absolute Gasteiger partial charge is 1.00 e. The molecular formula is C12H14BrFN2O3. The highest BCUT2D eigenvalue weighted by molar-refractivity contribution is 5.85. The first-order valence-corrected chi connectivity index (χ1v) is 5.76. The van der Waals surface area contributed by atoms with Gasteiger partial charge in [-0.1, -0.05) is 6.07 Å². The van der Waals surface area contributed by atoms with Gasteiger partial charge in [-0.2, -0.15) is 0 Å². The molecule has 2 N–H and O–H groups in total. The van der Waals surface area contributed by atoms with Crippen LogP contribution in [0.25, 0.3) is 0 Å². The van der Waals surface area contributed by atoms with Crippen molar-refractivity contribution in [2.24, 2.45) is 0 Å². The van der Waals surface area contributed by atoms with Gasteiger partial charge in [0, 0.05) is 7.11 Å². The first-order chi connectivity index (χ1) is 8.75. The number of benzene rings is 1. The van der Waals surface area contributed by atoms with Gasteiger partial charge in [0.1, 0.15) is 13.1 Å². The van der Waals surface area contributed by atoms with Gasteiger partial charge in [-0.3, -0.25) is 10.3 Å². The minimum atomic E-state index is -1.06. The van der Waals surface area contributed by atoms with Crippen LogP contribution in [0.15, 0.2) is 18.2 Å². The molecule has 0 saturated carbocycles. The lowest BCUT2D eigenvalue weighted by Crippen LogP contribution is -3.00. The normalized spacial score (nSPS) is 24.2. The fraction of sp³-hybridized carbons (Fsp3) is 0.417. The number of halogens is 2. The number of nitrogens with one attached hydrogen (secondary N) is 2. The van der Waals surface area contributed by atoms with Gasteiger partial charge in [-0.15, -0.1) is 0 Å². The van der Waals surface area contributed by atoms with Crippen molar-refractivity contribution >= 4 is 5.84 Å². The second-order valence-electron chi connectivity index (χ2n) is 4.14. The Kier molecular flexibility index (Phi) is 3.96. The van der Waals surface area contributed by atoms with Crippen molar-refractivity contribution in [3.05, 3.63) is 24.0 Å². The van der Waals surface area contributed by atoms with Crippen molar-refractivity contribution in [1.29, 1.82) is 0 Å². The second-order valence-corrected chi connectivity index (χ2v) is 4.14. The summed E-state index contributed by atoms with van der Waals surface area (Å²) in [5.74, 6) is -0.318. The van der Waals surface area contributed by atoms with Crippen molar-refractivity contribution in [1.82, 2.24) is 5.32 Å². The zero-order valence-corrected chi connectivity index (χ0v) is 11.9. The molecule has 2 aliphatic rings. The zero-order valence-electron chi connectivity index (χ0n) is 10.3. The molecule has 0 radical (unpaired) electrons. The smallest absolute Gasteiger partial charge is 0.348 e. The van der Waals surface area contributed by atoms with Gasteiger partial charge in [-0.05, 0) is 12.1 Å². The Bertz CT molecular complexity index is 512. The third kappa shape index (κ3) is 2.28. The lowest BCUT2D eigenvalue weighted by molar-refractivity contribution is -0.454. The lowest BCUT2D eigenvalue weighted by atomic mass is 10.2. The summed E-state index contributed by atoms with van der Waals surface area (Å²) in [6, 6.07) is 4.56. The summed E-state index contributed by atoms with van der Waals surface area (Å²) in [6.07, 6.45) is 0. The quantitative estimate of drug-likeness (QED) is 0.580. The molecular weight excluding hydrogens is 319 g/mol. The van der Waals surface area contributed by atoms with Crippen LogP contribution in [0.1, 0.15) is 0 Å². The zero-order chi connectivity index (χ0) is 12.6. The van der Waals surface area contributed by atoms with E-state index in [1.54, 1.807) is 12.1 Å². The van der Waals surface area contributed by atoms with Crippen LogP contribution in [0.2, 0.25) is 0 Å². The number of rotatable bonds is 2. The van der Waals surface area contributed by atoms with Crippen molar-refractivity contribution in [3.8, 4) is 11.5 Å².